The Hall–Kier alpha value is -1.93. The molecule has 1 amide bonds. The third-order valence-electron chi connectivity index (χ3n) is 2.23. The Bertz CT molecular complexity index is 454. The molecule has 0 N–H and O–H groups in total. The van der Waals surface area contributed by atoms with Crippen molar-refractivity contribution in [1.82, 2.24) is 0 Å². The Morgan fingerprint density at radius 2 is 2.12 bits per heavy atom. The molecule has 0 radical (unpaired) electrons. The zero-order chi connectivity index (χ0) is 12.9. The van der Waals surface area contributed by atoms with Crippen molar-refractivity contribution in [2.45, 2.75) is 26.2 Å². The topological polar surface area (TPSA) is 55.7 Å². The molecule has 0 atom stereocenters. The van der Waals surface area contributed by atoms with Crippen molar-refractivity contribution in [1.29, 1.82) is 0 Å². The van der Waals surface area contributed by atoms with Gasteiger partial charge in [-0.25, -0.2) is 4.79 Å². The summed E-state index contributed by atoms with van der Waals surface area (Å²) in [5.41, 5.74) is 1.13. The Labute approximate surface area is 100 Å². The first-order valence-corrected chi connectivity index (χ1v) is 5.27. The van der Waals surface area contributed by atoms with Gasteiger partial charge in [-0.15, -0.1) is 4.99 Å². The van der Waals surface area contributed by atoms with Crippen molar-refractivity contribution in [2.24, 2.45) is 4.99 Å². The number of rotatable bonds is 3. The van der Waals surface area contributed by atoms with E-state index in [4.69, 9.17) is 4.74 Å². The molecule has 0 spiro atoms. The average molecular weight is 233 g/mol. The fraction of sp³-hybridized carbons (Fsp3) is 0.385. The van der Waals surface area contributed by atoms with E-state index in [-0.39, 0.29) is 12.0 Å². The maximum absolute atomic E-state index is 10.9. The highest BCUT2D eigenvalue weighted by atomic mass is 16.5. The van der Waals surface area contributed by atoms with Gasteiger partial charge in [-0.05, 0) is 23.1 Å². The summed E-state index contributed by atoms with van der Waals surface area (Å²) < 4.78 is 5.23. The Kier molecular flexibility index (Phi) is 4.18. The molecule has 1 rings (SSSR count). The molecule has 0 aliphatic rings. The van der Waals surface area contributed by atoms with Crippen LogP contribution in [-0.2, 0) is 15.0 Å². The average Bonchev–Trinajstić information content (AvgIpc) is 2.26. The molecule has 0 saturated carbocycles. The van der Waals surface area contributed by atoms with Gasteiger partial charge in [-0.2, -0.15) is 0 Å². The number of hydrogen-bond donors (Lipinski definition) is 0. The van der Waals surface area contributed by atoms with E-state index in [9.17, 15) is 9.59 Å². The lowest BCUT2D eigenvalue weighted by Gasteiger charge is -2.19. The molecule has 0 fully saturated rings. The molecular formula is C13H15NO3. The van der Waals surface area contributed by atoms with Crippen LogP contribution in [0.3, 0.4) is 0 Å². The van der Waals surface area contributed by atoms with Crippen molar-refractivity contribution >= 4 is 12.0 Å². The quantitative estimate of drug-likeness (QED) is 0.594. The van der Waals surface area contributed by atoms with Crippen molar-refractivity contribution in [3.8, 4) is 5.75 Å². The normalized spacial score (nSPS) is 10.5. The van der Waals surface area contributed by atoms with Gasteiger partial charge in [-0.1, -0.05) is 32.9 Å². The first-order valence-electron chi connectivity index (χ1n) is 5.27. The van der Waals surface area contributed by atoms with Gasteiger partial charge in [0.05, 0.1) is 0 Å². The minimum atomic E-state index is -0.638. The van der Waals surface area contributed by atoms with Gasteiger partial charge in [0.15, 0.2) is 6.61 Å². The number of carbonyl (C=O) groups excluding carboxylic acids is 2. The van der Waals surface area contributed by atoms with Crippen molar-refractivity contribution in [2.75, 3.05) is 6.61 Å². The smallest absolute Gasteiger partial charge is 0.294 e. The lowest BCUT2D eigenvalue weighted by Crippen LogP contribution is -2.12. The molecular weight excluding hydrogens is 218 g/mol. The van der Waals surface area contributed by atoms with Crippen LogP contribution in [0.15, 0.2) is 29.3 Å². The Morgan fingerprint density at radius 1 is 1.41 bits per heavy atom. The summed E-state index contributed by atoms with van der Waals surface area (Å²) in [4.78, 5) is 23.7. The van der Waals surface area contributed by atoms with Gasteiger partial charge in [0, 0.05) is 0 Å². The molecule has 0 aromatic heterocycles. The van der Waals surface area contributed by atoms with Crippen molar-refractivity contribution in [3.05, 3.63) is 29.8 Å². The van der Waals surface area contributed by atoms with Crippen LogP contribution in [0.5, 0.6) is 5.75 Å². The summed E-state index contributed by atoms with van der Waals surface area (Å²) in [6.45, 7) is 6.03. The van der Waals surface area contributed by atoms with Crippen LogP contribution < -0.4 is 4.74 Å². The lowest BCUT2D eigenvalue weighted by molar-refractivity contribution is -0.119. The van der Waals surface area contributed by atoms with E-state index in [1.54, 1.807) is 6.07 Å². The van der Waals surface area contributed by atoms with Crippen LogP contribution in [-0.4, -0.2) is 18.6 Å². The van der Waals surface area contributed by atoms with E-state index in [1.165, 1.54) is 6.08 Å². The van der Waals surface area contributed by atoms with Gasteiger partial charge >= 0.3 is 0 Å². The summed E-state index contributed by atoms with van der Waals surface area (Å²) in [6, 6.07) is 7.49. The minimum absolute atomic E-state index is 0.0182. The van der Waals surface area contributed by atoms with E-state index in [2.05, 4.69) is 25.8 Å². The number of ether oxygens (including phenoxy) is 1. The molecule has 4 heteroatoms. The highest BCUT2D eigenvalue weighted by Crippen LogP contribution is 2.25. The SMILES string of the molecule is CC(C)(C)c1cccc(OCC(=O)N=C=O)c1. The molecule has 17 heavy (non-hydrogen) atoms. The zero-order valence-corrected chi connectivity index (χ0v) is 10.2. The molecule has 0 aliphatic heterocycles. The van der Waals surface area contributed by atoms with Crippen LogP contribution in [0.25, 0.3) is 0 Å². The molecule has 0 heterocycles. The number of hydrogen-bond acceptors (Lipinski definition) is 3. The van der Waals surface area contributed by atoms with Gasteiger partial charge in [0.2, 0.25) is 6.08 Å². The zero-order valence-electron chi connectivity index (χ0n) is 10.2. The number of benzene rings is 1. The molecule has 0 saturated heterocycles. The predicted octanol–water partition coefficient (Wildman–Crippen LogP) is 2.23. The summed E-state index contributed by atoms with van der Waals surface area (Å²) in [5, 5.41) is 0. The minimum Gasteiger partial charge on any atom is -0.484 e. The molecule has 0 aliphatic carbocycles. The van der Waals surface area contributed by atoms with E-state index in [0.717, 1.165) is 5.56 Å². The molecule has 1 aromatic rings. The standard InChI is InChI=1S/C13H15NO3/c1-13(2,3)10-5-4-6-11(7-10)17-8-12(16)14-9-15/h4-7H,8H2,1-3H3. The van der Waals surface area contributed by atoms with E-state index >= 15 is 0 Å². The first-order chi connectivity index (χ1) is 7.93. The van der Waals surface area contributed by atoms with Crippen LogP contribution in [0.2, 0.25) is 0 Å². The third kappa shape index (κ3) is 4.21. The van der Waals surface area contributed by atoms with Crippen LogP contribution >= 0.6 is 0 Å². The number of amides is 1. The lowest BCUT2D eigenvalue weighted by atomic mass is 9.87. The largest absolute Gasteiger partial charge is 0.484 e. The number of aliphatic imine (C=N–C) groups is 1. The summed E-state index contributed by atoms with van der Waals surface area (Å²) in [6.07, 6.45) is 1.18. The maximum Gasteiger partial charge on any atom is 0.294 e. The van der Waals surface area contributed by atoms with E-state index in [1.807, 2.05) is 18.2 Å². The van der Waals surface area contributed by atoms with Crippen LogP contribution in [0, 0.1) is 0 Å². The fourth-order valence-corrected chi connectivity index (χ4v) is 1.28. The number of nitrogens with zero attached hydrogens (tertiary/aromatic N) is 1. The molecule has 4 nitrogen and oxygen atoms in total. The molecule has 0 unspecified atom stereocenters. The van der Waals surface area contributed by atoms with Crippen LogP contribution in [0.4, 0.5) is 0 Å². The van der Waals surface area contributed by atoms with Gasteiger partial charge in [0.25, 0.3) is 5.91 Å². The van der Waals surface area contributed by atoms with E-state index < -0.39 is 5.91 Å². The number of carbonyl (C=O) groups is 1. The summed E-state index contributed by atoms with van der Waals surface area (Å²) in [5.74, 6) is -0.0481. The highest BCUT2D eigenvalue weighted by molar-refractivity contribution is 5.82. The van der Waals surface area contributed by atoms with Gasteiger partial charge < -0.3 is 4.74 Å². The monoisotopic (exact) mass is 233 g/mol. The molecule has 90 valence electrons. The van der Waals surface area contributed by atoms with Gasteiger partial charge in [0.1, 0.15) is 5.75 Å². The second kappa shape index (κ2) is 5.41. The highest BCUT2D eigenvalue weighted by Gasteiger charge is 2.14. The summed E-state index contributed by atoms with van der Waals surface area (Å²) >= 11 is 0. The second-order valence-electron chi connectivity index (χ2n) is 4.66. The fourth-order valence-electron chi connectivity index (χ4n) is 1.28. The maximum atomic E-state index is 10.9. The molecule has 1 aromatic carbocycles. The van der Waals surface area contributed by atoms with Crippen LogP contribution in [0.1, 0.15) is 26.3 Å². The van der Waals surface area contributed by atoms with Crippen molar-refractivity contribution < 1.29 is 14.3 Å². The third-order valence-corrected chi connectivity index (χ3v) is 2.23. The first kappa shape index (κ1) is 13.1. The second-order valence-corrected chi connectivity index (χ2v) is 4.66. The number of isocyanates is 1. The Balaban J connectivity index is 2.73. The van der Waals surface area contributed by atoms with Gasteiger partial charge in [-0.3, -0.25) is 4.79 Å². The summed E-state index contributed by atoms with van der Waals surface area (Å²) in [7, 11) is 0. The predicted molar refractivity (Wildman–Crippen MR) is 63.8 cm³/mol. The van der Waals surface area contributed by atoms with E-state index in [0.29, 0.717) is 5.75 Å². The Morgan fingerprint density at radius 3 is 2.71 bits per heavy atom. The molecule has 0 bridgehead atoms. The van der Waals surface area contributed by atoms with Crippen molar-refractivity contribution in [3.63, 3.8) is 0 Å².